The van der Waals surface area contributed by atoms with Gasteiger partial charge in [0, 0.05) is 10.4 Å². The van der Waals surface area contributed by atoms with Gasteiger partial charge >= 0.3 is 5.97 Å². The quantitative estimate of drug-likeness (QED) is 0.724. The Labute approximate surface area is 148 Å². The first-order valence-corrected chi connectivity index (χ1v) is 8.35. The van der Waals surface area contributed by atoms with Crippen molar-refractivity contribution in [3.8, 4) is 6.07 Å². The zero-order chi connectivity index (χ0) is 17.8. The van der Waals surface area contributed by atoms with Crippen LogP contribution in [0.4, 0.5) is 5.69 Å². The molecule has 0 spiro atoms. The molecule has 124 valence electrons. The number of hydrogen-bond donors (Lipinski definition) is 1. The second-order valence-electron chi connectivity index (χ2n) is 5.37. The average Bonchev–Trinajstić information content (AvgIpc) is 2.97. The summed E-state index contributed by atoms with van der Waals surface area (Å²) >= 11 is 1.35. The molecule has 0 bridgehead atoms. The van der Waals surface area contributed by atoms with Gasteiger partial charge in [0.1, 0.15) is 4.88 Å². The van der Waals surface area contributed by atoms with Gasteiger partial charge in [-0.1, -0.05) is 18.2 Å². The number of nitriles is 1. The van der Waals surface area contributed by atoms with Gasteiger partial charge in [-0.2, -0.15) is 5.26 Å². The Kier molecular flexibility index (Phi) is 4.78. The summed E-state index contributed by atoms with van der Waals surface area (Å²) in [5.74, 6) is -0.939. The topological polar surface area (TPSA) is 79.2 Å². The lowest BCUT2D eigenvalue weighted by Gasteiger charge is -2.06. The minimum absolute atomic E-state index is 0.369. The van der Waals surface area contributed by atoms with Crippen LogP contribution in [0.2, 0.25) is 0 Å². The molecule has 25 heavy (non-hydrogen) atoms. The van der Waals surface area contributed by atoms with Crippen molar-refractivity contribution in [1.82, 2.24) is 0 Å². The number of fused-ring (bicyclic) bond motifs is 1. The van der Waals surface area contributed by atoms with Gasteiger partial charge in [-0.3, -0.25) is 4.79 Å². The summed E-state index contributed by atoms with van der Waals surface area (Å²) in [6.45, 7) is 1.50. The third-order valence-electron chi connectivity index (χ3n) is 3.66. The highest BCUT2D eigenvalue weighted by atomic mass is 32.1. The normalized spacial score (nSPS) is 10.2. The largest absolute Gasteiger partial charge is 0.451 e. The number of esters is 1. The molecule has 0 atom stereocenters. The highest BCUT2D eigenvalue weighted by molar-refractivity contribution is 7.21. The molecule has 0 saturated carbocycles. The van der Waals surface area contributed by atoms with Gasteiger partial charge in [-0.15, -0.1) is 11.3 Å². The number of benzene rings is 2. The van der Waals surface area contributed by atoms with E-state index in [4.69, 9.17) is 10.00 Å². The average molecular weight is 350 g/mol. The zero-order valence-electron chi connectivity index (χ0n) is 13.4. The number of anilines is 1. The molecule has 0 aliphatic carbocycles. The van der Waals surface area contributed by atoms with Crippen molar-refractivity contribution in [2.24, 2.45) is 0 Å². The van der Waals surface area contributed by atoms with Crippen LogP contribution in [-0.2, 0) is 9.53 Å². The van der Waals surface area contributed by atoms with E-state index >= 15 is 0 Å². The minimum Gasteiger partial charge on any atom is -0.451 e. The molecule has 0 fully saturated rings. The first kappa shape index (κ1) is 16.7. The predicted molar refractivity (Wildman–Crippen MR) is 96.6 cm³/mol. The summed E-state index contributed by atoms with van der Waals surface area (Å²) in [4.78, 5) is 24.7. The number of carbonyl (C=O) groups is 2. The summed E-state index contributed by atoms with van der Waals surface area (Å²) in [5, 5.41) is 12.4. The maximum Gasteiger partial charge on any atom is 0.349 e. The fraction of sp³-hybridized carbons (Fsp3) is 0.105. The molecular formula is C19H14N2O3S. The van der Waals surface area contributed by atoms with E-state index < -0.39 is 11.9 Å². The summed E-state index contributed by atoms with van der Waals surface area (Å²) in [7, 11) is 0. The number of carbonyl (C=O) groups excluding carboxylic acids is 2. The molecular weight excluding hydrogens is 336 g/mol. The lowest BCUT2D eigenvalue weighted by atomic mass is 10.1. The van der Waals surface area contributed by atoms with Crippen molar-refractivity contribution in [2.45, 2.75) is 6.92 Å². The number of ether oxygens (including phenoxy) is 1. The van der Waals surface area contributed by atoms with E-state index in [0.717, 1.165) is 15.6 Å². The summed E-state index contributed by atoms with van der Waals surface area (Å²) in [5.41, 5.74) is 1.90. The van der Waals surface area contributed by atoms with Gasteiger partial charge in [-0.05, 0) is 48.2 Å². The minimum atomic E-state index is -0.506. The van der Waals surface area contributed by atoms with E-state index in [9.17, 15) is 9.59 Å². The molecule has 1 amide bonds. The van der Waals surface area contributed by atoms with Gasteiger partial charge in [-0.25, -0.2) is 4.79 Å². The van der Waals surface area contributed by atoms with Crippen LogP contribution in [0.3, 0.4) is 0 Å². The number of rotatable bonds is 4. The third-order valence-corrected chi connectivity index (χ3v) is 4.91. The Bertz CT molecular complexity index is 984. The molecule has 1 aromatic heterocycles. The van der Waals surface area contributed by atoms with Crippen LogP contribution in [0.5, 0.6) is 0 Å². The van der Waals surface area contributed by atoms with Crippen LogP contribution in [0, 0.1) is 18.3 Å². The SMILES string of the molecule is Cc1c(C(=O)OCC(=O)Nc2ccc(C#N)cc2)sc2ccccc12. The molecule has 3 aromatic rings. The molecule has 2 aromatic carbocycles. The van der Waals surface area contributed by atoms with Gasteiger partial charge in [0.25, 0.3) is 5.91 Å². The summed E-state index contributed by atoms with van der Waals surface area (Å²) < 4.78 is 6.13. The van der Waals surface area contributed by atoms with Crippen molar-refractivity contribution >= 4 is 39.0 Å². The highest BCUT2D eigenvalue weighted by Gasteiger charge is 2.17. The molecule has 0 unspecified atom stereocenters. The molecule has 6 heteroatoms. The predicted octanol–water partition coefficient (Wildman–Crippen LogP) is 3.88. The van der Waals surface area contributed by atoms with Crippen LogP contribution in [0.1, 0.15) is 20.8 Å². The maximum atomic E-state index is 12.2. The standard InChI is InChI=1S/C19H14N2O3S/c1-12-15-4-2-3-5-16(15)25-18(12)19(23)24-11-17(22)21-14-8-6-13(10-20)7-9-14/h2-9H,11H2,1H3,(H,21,22). The lowest BCUT2D eigenvalue weighted by molar-refractivity contribution is -0.119. The Morgan fingerprint density at radius 1 is 1.16 bits per heavy atom. The molecule has 1 heterocycles. The second-order valence-corrected chi connectivity index (χ2v) is 6.42. The lowest BCUT2D eigenvalue weighted by Crippen LogP contribution is -2.20. The molecule has 0 radical (unpaired) electrons. The number of nitrogens with zero attached hydrogens (tertiary/aromatic N) is 1. The highest BCUT2D eigenvalue weighted by Crippen LogP contribution is 2.30. The zero-order valence-corrected chi connectivity index (χ0v) is 14.2. The smallest absolute Gasteiger partial charge is 0.349 e. The van der Waals surface area contributed by atoms with E-state index in [1.165, 1.54) is 11.3 Å². The van der Waals surface area contributed by atoms with Crippen LogP contribution in [0.15, 0.2) is 48.5 Å². The van der Waals surface area contributed by atoms with Crippen LogP contribution < -0.4 is 5.32 Å². The van der Waals surface area contributed by atoms with Crippen LogP contribution in [0.25, 0.3) is 10.1 Å². The van der Waals surface area contributed by atoms with Gasteiger partial charge in [0.15, 0.2) is 6.61 Å². The monoisotopic (exact) mass is 350 g/mol. The summed E-state index contributed by atoms with van der Waals surface area (Å²) in [6, 6.07) is 16.2. The van der Waals surface area contributed by atoms with E-state index in [1.54, 1.807) is 24.3 Å². The number of nitrogens with one attached hydrogen (secondary N) is 1. The van der Waals surface area contributed by atoms with Crippen molar-refractivity contribution in [3.63, 3.8) is 0 Å². The summed E-state index contributed by atoms with van der Waals surface area (Å²) in [6.07, 6.45) is 0. The Hall–Kier alpha value is -3.17. The number of hydrogen-bond acceptors (Lipinski definition) is 5. The van der Waals surface area contributed by atoms with E-state index in [-0.39, 0.29) is 6.61 Å². The van der Waals surface area contributed by atoms with Crippen molar-refractivity contribution in [2.75, 3.05) is 11.9 Å². The molecule has 0 saturated heterocycles. The Balaban J connectivity index is 1.62. The Morgan fingerprint density at radius 3 is 2.56 bits per heavy atom. The third kappa shape index (κ3) is 3.67. The fourth-order valence-corrected chi connectivity index (χ4v) is 3.49. The van der Waals surface area contributed by atoms with Crippen molar-refractivity contribution in [1.29, 1.82) is 5.26 Å². The fourth-order valence-electron chi connectivity index (χ4n) is 2.39. The molecule has 0 aliphatic rings. The van der Waals surface area contributed by atoms with Crippen LogP contribution in [-0.4, -0.2) is 18.5 Å². The van der Waals surface area contributed by atoms with E-state index in [0.29, 0.717) is 16.1 Å². The number of amides is 1. The van der Waals surface area contributed by atoms with E-state index in [2.05, 4.69) is 5.32 Å². The number of aryl methyl sites for hydroxylation is 1. The van der Waals surface area contributed by atoms with Gasteiger partial charge < -0.3 is 10.1 Å². The first-order chi connectivity index (χ1) is 12.1. The van der Waals surface area contributed by atoms with Crippen molar-refractivity contribution in [3.05, 3.63) is 64.5 Å². The van der Waals surface area contributed by atoms with Crippen molar-refractivity contribution < 1.29 is 14.3 Å². The Morgan fingerprint density at radius 2 is 1.88 bits per heavy atom. The van der Waals surface area contributed by atoms with Gasteiger partial charge in [0.05, 0.1) is 11.6 Å². The van der Waals surface area contributed by atoms with Crippen LogP contribution >= 0.6 is 11.3 Å². The maximum absolute atomic E-state index is 12.2. The second kappa shape index (κ2) is 7.16. The molecule has 1 N–H and O–H groups in total. The first-order valence-electron chi connectivity index (χ1n) is 7.54. The van der Waals surface area contributed by atoms with Gasteiger partial charge in [0.2, 0.25) is 0 Å². The molecule has 0 aliphatic heterocycles. The van der Waals surface area contributed by atoms with E-state index in [1.807, 2.05) is 37.3 Å². The number of thiophene rings is 1. The molecule has 5 nitrogen and oxygen atoms in total. The molecule has 3 rings (SSSR count).